The second-order valence-electron chi connectivity index (χ2n) is 13.1. The van der Waals surface area contributed by atoms with Crippen molar-refractivity contribution in [3.05, 3.63) is 93.8 Å². The summed E-state index contributed by atoms with van der Waals surface area (Å²) < 4.78 is 16.1. The molecule has 7 rings (SSSR count). The number of carbonyl (C=O) groups excluding carboxylic acids is 1. The van der Waals surface area contributed by atoms with Crippen LogP contribution in [0.2, 0.25) is 10.0 Å². The van der Waals surface area contributed by atoms with Crippen molar-refractivity contribution in [2.45, 2.75) is 82.7 Å². The zero-order valence-electron chi connectivity index (χ0n) is 25.7. The monoisotopic (exact) mass is 646 g/mol. The number of hydrogen-bond acceptors (Lipinski definition) is 4. The third kappa shape index (κ3) is 6.72. The summed E-state index contributed by atoms with van der Waals surface area (Å²) in [6.07, 6.45) is 9.12. The SMILES string of the molecule is O=C(CCCCn1cc(-c2ccc(F)cc2)c2cc(CN3CC4CC3CN4Cc3c(Cl)cccc3Cl)ccc21)C1CCCCN1. The van der Waals surface area contributed by atoms with Gasteiger partial charge in [0, 0.05) is 89.5 Å². The lowest BCUT2D eigenvalue weighted by Gasteiger charge is -2.34. The van der Waals surface area contributed by atoms with Gasteiger partial charge in [-0.2, -0.15) is 0 Å². The van der Waals surface area contributed by atoms with Crippen LogP contribution in [-0.4, -0.2) is 57.9 Å². The lowest BCUT2D eigenvalue weighted by Crippen LogP contribution is -2.45. The Morgan fingerprint density at radius 3 is 2.38 bits per heavy atom. The van der Waals surface area contributed by atoms with E-state index in [4.69, 9.17) is 23.2 Å². The van der Waals surface area contributed by atoms with Gasteiger partial charge in [0.05, 0.1) is 6.04 Å². The second-order valence-corrected chi connectivity index (χ2v) is 13.9. The van der Waals surface area contributed by atoms with E-state index in [-0.39, 0.29) is 11.9 Å². The number of rotatable bonds is 11. The molecule has 1 aromatic heterocycles. The van der Waals surface area contributed by atoms with Crippen molar-refractivity contribution in [1.29, 1.82) is 0 Å². The van der Waals surface area contributed by atoms with Crippen LogP contribution in [0.3, 0.4) is 0 Å². The first-order valence-electron chi connectivity index (χ1n) is 16.5. The minimum Gasteiger partial charge on any atom is -0.347 e. The number of nitrogens with one attached hydrogen (secondary N) is 1. The number of hydrogen-bond donors (Lipinski definition) is 1. The third-order valence-corrected chi connectivity index (χ3v) is 10.9. The Hall–Kier alpha value is -2.74. The molecule has 0 amide bonds. The molecular formula is C37H41Cl2FN4O. The predicted octanol–water partition coefficient (Wildman–Crippen LogP) is 8.09. The molecule has 2 bridgehead atoms. The van der Waals surface area contributed by atoms with Crippen LogP contribution in [-0.2, 0) is 24.4 Å². The molecule has 3 saturated heterocycles. The molecule has 3 fully saturated rings. The first-order chi connectivity index (χ1) is 21.9. The number of aryl methyl sites for hydroxylation is 1. The Labute approximate surface area is 275 Å². The summed E-state index contributed by atoms with van der Waals surface area (Å²) in [7, 11) is 0. The third-order valence-electron chi connectivity index (χ3n) is 10.1. The lowest BCUT2D eigenvalue weighted by atomic mass is 9.98. The van der Waals surface area contributed by atoms with Crippen LogP contribution in [0, 0.1) is 5.82 Å². The van der Waals surface area contributed by atoms with Crippen LogP contribution in [0.4, 0.5) is 4.39 Å². The first kappa shape index (κ1) is 30.9. The highest BCUT2D eigenvalue weighted by atomic mass is 35.5. The Balaban J connectivity index is 1.04. The molecule has 0 aliphatic carbocycles. The van der Waals surface area contributed by atoms with Crippen LogP contribution in [0.25, 0.3) is 22.0 Å². The van der Waals surface area contributed by atoms with E-state index in [1.165, 1.54) is 41.4 Å². The van der Waals surface area contributed by atoms with E-state index in [2.05, 4.69) is 44.1 Å². The fourth-order valence-corrected chi connectivity index (χ4v) is 8.23. The van der Waals surface area contributed by atoms with Gasteiger partial charge in [-0.25, -0.2) is 4.39 Å². The van der Waals surface area contributed by atoms with Crippen molar-refractivity contribution in [3.8, 4) is 11.1 Å². The molecule has 3 aromatic carbocycles. The molecule has 4 heterocycles. The number of halogens is 3. The molecule has 8 heteroatoms. The molecule has 236 valence electrons. The maximum atomic E-state index is 13.8. The van der Waals surface area contributed by atoms with E-state index in [1.54, 1.807) is 0 Å². The van der Waals surface area contributed by atoms with Gasteiger partial charge in [0.15, 0.2) is 0 Å². The van der Waals surface area contributed by atoms with Crippen molar-refractivity contribution in [1.82, 2.24) is 19.7 Å². The van der Waals surface area contributed by atoms with E-state index >= 15 is 0 Å². The van der Waals surface area contributed by atoms with Crippen molar-refractivity contribution in [3.63, 3.8) is 0 Å². The number of piperazine rings is 1. The number of likely N-dealkylation sites (tertiary alicyclic amines) is 2. The zero-order chi connectivity index (χ0) is 30.9. The highest BCUT2D eigenvalue weighted by Crippen LogP contribution is 2.37. The minimum absolute atomic E-state index is 0.0458. The topological polar surface area (TPSA) is 40.5 Å². The number of piperidine rings is 1. The highest BCUT2D eigenvalue weighted by Gasteiger charge is 2.43. The van der Waals surface area contributed by atoms with Crippen LogP contribution >= 0.6 is 23.2 Å². The molecule has 0 saturated carbocycles. The molecule has 1 N–H and O–H groups in total. The summed E-state index contributed by atoms with van der Waals surface area (Å²) in [6.45, 7) is 5.55. The van der Waals surface area contributed by atoms with Gasteiger partial charge >= 0.3 is 0 Å². The van der Waals surface area contributed by atoms with Gasteiger partial charge in [-0.05, 0) is 86.2 Å². The Morgan fingerprint density at radius 2 is 1.67 bits per heavy atom. The van der Waals surface area contributed by atoms with Gasteiger partial charge in [0.25, 0.3) is 0 Å². The molecule has 45 heavy (non-hydrogen) atoms. The number of aromatic nitrogens is 1. The van der Waals surface area contributed by atoms with Gasteiger partial charge in [-0.3, -0.25) is 14.6 Å². The highest BCUT2D eigenvalue weighted by molar-refractivity contribution is 6.36. The van der Waals surface area contributed by atoms with Crippen molar-refractivity contribution >= 4 is 39.9 Å². The number of carbonyl (C=O) groups is 1. The zero-order valence-corrected chi connectivity index (χ0v) is 27.2. The molecule has 3 aliphatic rings. The smallest absolute Gasteiger partial charge is 0.149 e. The Bertz CT molecular complexity index is 1640. The fourth-order valence-electron chi connectivity index (χ4n) is 7.71. The number of unbranched alkanes of at least 4 members (excludes halogenated alkanes) is 1. The Morgan fingerprint density at radius 1 is 0.911 bits per heavy atom. The molecule has 3 aliphatic heterocycles. The summed E-state index contributed by atoms with van der Waals surface area (Å²) in [5, 5.41) is 6.06. The van der Waals surface area contributed by atoms with E-state index in [0.29, 0.717) is 24.3 Å². The van der Waals surface area contributed by atoms with Crippen LogP contribution < -0.4 is 5.32 Å². The number of ketones is 1. The molecule has 4 aromatic rings. The van der Waals surface area contributed by atoms with E-state index in [1.807, 2.05) is 30.3 Å². The minimum atomic E-state index is -0.227. The molecule has 3 atom stereocenters. The quantitative estimate of drug-likeness (QED) is 0.167. The summed E-state index contributed by atoms with van der Waals surface area (Å²) in [6, 6.07) is 20.5. The number of benzene rings is 3. The van der Waals surface area contributed by atoms with E-state index in [0.717, 1.165) is 91.7 Å². The molecule has 3 unspecified atom stereocenters. The maximum absolute atomic E-state index is 13.8. The second kappa shape index (κ2) is 13.5. The van der Waals surface area contributed by atoms with Gasteiger partial charge in [0.1, 0.15) is 11.6 Å². The number of fused-ring (bicyclic) bond motifs is 3. The maximum Gasteiger partial charge on any atom is 0.149 e. The average molecular weight is 648 g/mol. The lowest BCUT2D eigenvalue weighted by molar-refractivity contribution is -0.121. The van der Waals surface area contributed by atoms with Gasteiger partial charge in [-0.15, -0.1) is 0 Å². The summed E-state index contributed by atoms with van der Waals surface area (Å²) in [5.74, 6) is 0.130. The first-order valence-corrected chi connectivity index (χ1v) is 17.2. The van der Waals surface area contributed by atoms with E-state index in [9.17, 15) is 9.18 Å². The van der Waals surface area contributed by atoms with Gasteiger partial charge in [-0.1, -0.05) is 53.9 Å². The summed E-state index contributed by atoms with van der Waals surface area (Å²) >= 11 is 13.0. The van der Waals surface area contributed by atoms with Gasteiger partial charge in [0.2, 0.25) is 0 Å². The normalized spacial score (nSPS) is 22.1. The van der Waals surface area contributed by atoms with Crippen LogP contribution in [0.15, 0.2) is 66.9 Å². The average Bonchev–Trinajstić information content (AvgIpc) is 3.74. The summed E-state index contributed by atoms with van der Waals surface area (Å²) in [4.78, 5) is 17.8. The van der Waals surface area contributed by atoms with Gasteiger partial charge < -0.3 is 9.88 Å². The van der Waals surface area contributed by atoms with Crippen molar-refractivity contribution in [2.24, 2.45) is 0 Å². The van der Waals surface area contributed by atoms with E-state index < -0.39 is 0 Å². The number of nitrogens with zero attached hydrogens (tertiary/aromatic N) is 3. The van der Waals surface area contributed by atoms with Crippen LogP contribution in [0.5, 0.6) is 0 Å². The largest absolute Gasteiger partial charge is 0.347 e. The fraction of sp³-hybridized carbons (Fsp3) is 0.432. The standard InChI is InChI=1S/C37H41Cl2FN4O/c38-33-6-5-7-34(39)32(33)24-44-22-28-19-29(44)21-43(28)20-25-10-15-36-30(18-25)31(26-11-13-27(40)14-12-26)23-42(36)17-4-2-9-37(45)35-8-1-3-16-41-35/h5-7,10-15,18,23,28-29,35,41H,1-4,8-9,16-17,19-22,24H2. The van der Waals surface area contributed by atoms with Crippen molar-refractivity contribution in [2.75, 3.05) is 19.6 Å². The predicted molar refractivity (Wildman–Crippen MR) is 181 cm³/mol. The molecule has 5 nitrogen and oxygen atoms in total. The number of Topliss-reactive ketones (excluding diaryl/α,β-unsaturated/α-hetero) is 1. The van der Waals surface area contributed by atoms with Crippen LogP contribution in [0.1, 0.15) is 56.1 Å². The Kier molecular flexibility index (Phi) is 9.30. The van der Waals surface area contributed by atoms with Crippen molar-refractivity contribution < 1.29 is 9.18 Å². The molecular weight excluding hydrogens is 606 g/mol. The summed E-state index contributed by atoms with van der Waals surface area (Å²) in [5.41, 5.74) is 5.65. The molecule has 0 spiro atoms. The molecule has 0 radical (unpaired) electrons.